The van der Waals surface area contributed by atoms with Gasteiger partial charge < -0.3 is 5.32 Å². The number of thioether (sulfide) groups is 1. The van der Waals surface area contributed by atoms with Crippen LogP contribution in [0.2, 0.25) is 15.1 Å². The van der Waals surface area contributed by atoms with Crippen molar-refractivity contribution in [3.63, 3.8) is 0 Å². The molecule has 1 N–H and O–H groups in total. The molecule has 0 aliphatic rings. The van der Waals surface area contributed by atoms with Crippen molar-refractivity contribution in [3.8, 4) is 5.69 Å². The van der Waals surface area contributed by atoms with E-state index in [0.29, 0.717) is 20.8 Å². The van der Waals surface area contributed by atoms with E-state index in [2.05, 4.69) is 16.4 Å². The van der Waals surface area contributed by atoms with Crippen LogP contribution in [0, 0.1) is 6.92 Å². The predicted molar refractivity (Wildman–Crippen MR) is 109 cm³/mol. The van der Waals surface area contributed by atoms with Crippen molar-refractivity contribution < 1.29 is 4.79 Å². The van der Waals surface area contributed by atoms with Gasteiger partial charge in [0.05, 0.1) is 21.5 Å². The lowest BCUT2D eigenvalue weighted by molar-refractivity contribution is -0.113. The first kappa shape index (κ1) is 19.1. The van der Waals surface area contributed by atoms with Crippen LogP contribution >= 0.6 is 46.6 Å². The van der Waals surface area contributed by atoms with Crippen LogP contribution in [-0.2, 0) is 4.79 Å². The number of aryl methyl sites for hydroxylation is 1. The largest absolute Gasteiger partial charge is 0.323 e. The molecule has 3 rings (SSSR count). The smallest absolute Gasteiger partial charge is 0.234 e. The summed E-state index contributed by atoms with van der Waals surface area (Å²) in [7, 11) is 0. The van der Waals surface area contributed by atoms with E-state index in [1.54, 1.807) is 6.20 Å². The number of carbonyl (C=O) groups excluding carboxylic acids is 1. The number of benzene rings is 2. The van der Waals surface area contributed by atoms with Gasteiger partial charge in [0.25, 0.3) is 0 Å². The van der Waals surface area contributed by atoms with Crippen molar-refractivity contribution in [1.29, 1.82) is 0 Å². The van der Waals surface area contributed by atoms with Gasteiger partial charge in [-0.3, -0.25) is 9.36 Å². The molecule has 0 bridgehead atoms. The Balaban J connectivity index is 1.69. The molecule has 0 radical (unpaired) electrons. The zero-order valence-electron chi connectivity index (χ0n) is 13.7. The lowest BCUT2D eigenvalue weighted by atomic mass is 10.2. The van der Waals surface area contributed by atoms with E-state index >= 15 is 0 Å². The highest BCUT2D eigenvalue weighted by Crippen LogP contribution is 2.34. The highest BCUT2D eigenvalue weighted by Gasteiger charge is 2.13. The summed E-state index contributed by atoms with van der Waals surface area (Å²) < 4.78 is 1.94. The maximum Gasteiger partial charge on any atom is 0.234 e. The van der Waals surface area contributed by atoms with Crippen LogP contribution in [0.15, 0.2) is 53.9 Å². The summed E-state index contributed by atoms with van der Waals surface area (Å²) in [5.74, 6) is -0.0714. The molecular weight excluding hydrogens is 413 g/mol. The molecular formula is C18H14Cl3N3OS. The van der Waals surface area contributed by atoms with Crippen LogP contribution in [0.4, 0.5) is 5.69 Å². The molecule has 4 nitrogen and oxygen atoms in total. The molecule has 1 heterocycles. The number of hydrogen-bond acceptors (Lipinski definition) is 3. The van der Waals surface area contributed by atoms with Crippen molar-refractivity contribution in [2.45, 2.75) is 12.1 Å². The highest BCUT2D eigenvalue weighted by atomic mass is 35.5. The molecule has 0 aliphatic heterocycles. The first-order valence-corrected chi connectivity index (χ1v) is 9.73. The van der Waals surface area contributed by atoms with E-state index < -0.39 is 0 Å². The summed E-state index contributed by atoms with van der Waals surface area (Å²) in [6.07, 6.45) is 3.57. The van der Waals surface area contributed by atoms with E-state index in [-0.39, 0.29) is 11.7 Å². The van der Waals surface area contributed by atoms with Crippen molar-refractivity contribution in [2.24, 2.45) is 0 Å². The second-order valence-corrected chi connectivity index (χ2v) is 7.69. The number of imidazole rings is 1. The van der Waals surface area contributed by atoms with Crippen LogP contribution < -0.4 is 5.32 Å². The Morgan fingerprint density at radius 3 is 2.62 bits per heavy atom. The van der Waals surface area contributed by atoms with Gasteiger partial charge in [-0.2, -0.15) is 0 Å². The summed E-state index contributed by atoms with van der Waals surface area (Å²) in [6, 6.07) is 11.1. The Morgan fingerprint density at radius 1 is 1.19 bits per heavy atom. The molecule has 1 amide bonds. The second kappa shape index (κ2) is 8.35. The van der Waals surface area contributed by atoms with E-state index in [1.165, 1.54) is 23.9 Å². The average molecular weight is 427 g/mol. The van der Waals surface area contributed by atoms with Gasteiger partial charge in [0.1, 0.15) is 0 Å². The first-order chi connectivity index (χ1) is 12.4. The summed E-state index contributed by atoms with van der Waals surface area (Å²) in [4.78, 5) is 16.6. The average Bonchev–Trinajstić information content (AvgIpc) is 3.05. The quantitative estimate of drug-likeness (QED) is 0.519. The molecule has 0 unspecified atom stereocenters. The van der Waals surface area contributed by atoms with Gasteiger partial charge in [0.15, 0.2) is 5.16 Å². The molecule has 0 spiro atoms. The fourth-order valence-electron chi connectivity index (χ4n) is 2.34. The van der Waals surface area contributed by atoms with Gasteiger partial charge >= 0.3 is 0 Å². The topological polar surface area (TPSA) is 46.9 Å². The molecule has 134 valence electrons. The van der Waals surface area contributed by atoms with Crippen molar-refractivity contribution in [3.05, 3.63) is 69.4 Å². The van der Waals surface area contributed by atoms with Gasteiger partial charge in [0.2, 0.25) is 5.91 Å². The third-order valence-corrected chi connectivity index (χ3v) is 5.27. The maximum atomic E-state index is 12.3. The molecule has 3 aromatic rings. The third kappa shape index (κ3) is 4.54. The van der Waals surface area contributed by atoms with Crippen molar-refractivity contribution >= 4 is 58.2 Å². The van der Waals surface area contributed by atoms with Gasteiger partial charge in [-0.15, -0.1) is 0 Å². The number of aromatic nitrogens is 2. The van der Waals surface area contributed by atoms with Gasteiger partial charge in [-0.1, -0.05) is 58.7 Å². The Bertz CT molecular complexity index is 935. The maximum absolute atomic E-state index is 12.3. The Labute approximate surface area is 170 Å². The Morgan fingerprint density at radius 2 is 1.92 bits per heavy atom. The van der Waals surface area contributed by atoms with Crippen LogP contribution in [0.5, 0.6) is 0 Å². The number of carbonyl (C=O) groups is 1. The zero-order valence-corrected chi connectivity index (χ0v) is 16.8. The van der Waals surface area contributed by atoms with Gasteiger partial charge in [0, 0.05) is 23.1 Å². The standard InChI is InChI=1S/C18H14Cl3N3OS/c1-11-3-2-4-13(7-11)24-6-5-22-18(24)26-10-16(25)23-17-14(20)8-12(19)9-15(17)21/h2-9H,10H2,1H3,(H,23,25). The molecule has 0 saturated carbocycles. The molecule has 0 aliphatic carbocycles. The number of nitrogens with zero attached hydrogens (tertiary/aromatic N) is 2. The zero-order chi connectivity index (χ0) is 18.7. The lowest BCUT2D eigenvalue weighted by Crippen LogP contribution is -2.15. The Hall–Kier alpha value is -1.66. The highest BCUT2D eigenvalue weighted by molar-refractivity contribution is 7.99. The fraction of sp³-hybridized carbons (Fsp3) is 0.111. The number of rotatable bonds is 5. The fourth-order valence-corrected chi connectivity index (χ4v) is 4.02. The number of amides is 1. The molecule has 0 saturated heterocycles. The normalized spacial score (nSPS) is 10.8. The molecule has 0 fully saturated rings. The summed E-state index contributed by atoms with van der Waals surface area (Å²) in [5, 5.41) is 4.44. The number of anilines is 1. The summed E-state index contributed by atoms with van der Waals surface area (Å²) >= 11 is 19.4. The van der Waals surface area contributed by atoms with Crippen LogP contribution in [0.3, 0.4) is 0 Å². The lowest BCUT2D eigenvalue weighted by Gasteiger charge is -2.11. The van der Waals surface area contributed by atoms with E-state index in [4.69, 9.17) is 34.8 Å². The first-order valence-electron chi connectivity index (χ1n) is 7.61. The predicted octanol–water partition coefficient (Wildman–Crippen LogP) is 5.87. The molecule has 26 heavy (non-hydrogen) atoms. The molecule has 1 aromatic heterocycles. The molecule has 2 aromatic carbocycles. The van der Waals surface area contributed by atoms with Crippen LogP contribution in [-0.4, -0.2) is 21.2 Å². The van der Waals surface area contributed by atoms with Crippen LogP contribution in [0.25, 0.3) is 5.69 Å². The monoisotopic (exact) mass is 425 g/mol. The number of halogens is 3. The SMILES string of the molecule is Cc1cccc(-n2ccnc2SCC(=O)Nc2c(Cl)cc(Cl)cc2Cl)c1. The Kier molecular flexibility index (Phi) is 6.14. The summed E-state index contributed by atoms with van der Waals surface area (Å²) in [5.41, 5.74) is 2.50. The number of hydrogen-bond donors (Lipinski definition) is 1. The van der Waals surface area contributed by atoms with E-state index in [0.717, 1.165) is 16.4 Å². The van der Waals surface area contributed by atoms with Gasteiger partial charge in [-0.05, 0) is 36.8 Å². The minimum atomic E-state index is -0.236. The summed E-state index contributed by atoms with van der Waals surface area (Å²) in [6.45, 7) is 2.03. The van der Waals surface area contributed by atoms with Crippen molar-refractivity contribution in [1.82, 2.24) is 9.55 Å². The molecule has 8 heteroatoms. The van der Waals surface area contributed by atoms with Crippen molar-refractivity contribution in [2.75, 3.05) is 11.1 Å². The van der Waals surface area contributed by atoms with Gasteiger partial charge in [-0.25, -0.2) is 4.98 Å². The van der Waals surface area contributed by atoms with Crippen LogP contribution in [0.1, 0.15) is 5.56 Å². The van der Waals surface area contributed by atoms with E-state index in [1.807, 2.05) is 35.9 Å². The minimum Gasteiger partial charge on any atom is -0.323 e. The number of nitrogens with one attached hydrogen (secondary N) is 1. The minimum absolute atomic E-state index is 0.165. The molecule has 0 atom stereocenters. The van der Waals surface area contributed by atoms with E-state index in [9.17, 15) is 4.79 Å². The second-order valence-electron chi connectivity index (χ2n) is 5.50. The third-order valence-electron chi connectivity index (χ3n) is 3.49.